The zero-order valence-corrected chi connectivity index (χ0v) is 8.20. The summed E-state index contributed by atoms with van der Waals surface area (Å²) >= 11 is 0. The summed E-state index contributed by atoms with van der Waals surface area (Å²) in [5.74, 6) is -6.30. The van der Waals surface area contributed by atoms with Gasteiger partial charge in [0.1, 0.15) is 29.1 Å². The third-order valence-corrected chi connectivity index (χ3v) is 2.15. The second-order valence-electron chi connectivity index (χ2n) is 3.26. The van der Waals surface area contributed by atoms with Gasteiger partial charge in [-0.1, -0.05) is 0 Å². The van der Waals surface area contributed by atoms with Crippen molar-refractivity contribution in [3.8, 4) is 11.1 Å². The van der Waals surface area contributed by atoms with Gasteiger partial charge < -0.3 is 0 Å². The first-order valence-electron chi connectivity index (χ1n) is 4.51. The van der Waals surface area contributed by atoms with Crippen molar-refractivity contribution >= 4 is 0 Å². The standard InChI is InChI=1S/C12H4F5/c13-6-4-9(16)12(10(17)5-6)11-7(14)2-1-3-8(11)15/h1-2,4-5H. The molecule has 0 aliphatic carbocycles. The molecule has 2 rings (SSSR count). The van der Waals surface area contributed by atoms with Gasteiger partial charge in [0, 0.05) is 18.2 Å². The fourth-order valence-electron chi connectivity index (χ4n) is 1.46. The highest BCUT2D eigenvalue weighted by atomic mass is 19.2. The Balaban J connectivity index is 2.77. The molecule has 2 aromatic carbocycles. The van der Waals surface area contributed by atoms with E-state index in [4.69, 9.17) is 0 Å². The maximum atomic E-state index is 13.3. The van der Waals surface area contributed by atoms with Crippen LogP contribution in [-0.4, -0.2) is 0 Å². The van der Waals surface area contributed by atoms with E-state index in [9.17, 15) is 22.0 Å². The Bertz CT molecular complexity index is 534. The number of hydrogen-bond acceptors (Lipinski definition) is 0. The van der Waals surface area contributed by atoms with Gasteiger partial charge in [-0.25, -0.2) is 22.0 Å². The second kappa shape index (κ2) is 4.16. The van der Waals surface area contributed by atoms with Crippen LogP contribution in [0.5, 0.6) is 0 Å². The van der Waals surface area contributed by atoms with Crippen molar-refractivity contribution in [2.24, 2.45) is 0 Å². The highest BCUT2D eigenvalue weighted by Gasteiger charge is 2.20. The monoisotopic (exact) mass is 243 g/mol. The minimum absolute atomic E-state index is 0.351. The van der Waals surface area contributed by atoms with Crippen molar-refractivity contribution in [3.63, 3.8) is 0 Å². The van der Waals surface area contributed by atoms with E-state index in [0.29, 0.717) is 12.1 Å². The normalized spacial score (nSPS) is 10.6. The molecule has 87 valence electrons. The molecule has 0 saturated carbocycles. The highest BCUT2D eigenvalue weighted by molar-refractivity contribution is 5.66. The van der Waals surface area contributed by atoms with Gasteiger partial charge in [0.2, 0.25) is 0 Å². The van der Waals surface area contributed by atoms with Crippen LogP contribution in [0.2, 0.25) is 0 Å². The molecule has 0 heterocycles. The van der Waals surface area contributed by atoms with Crippen LogP contribution in [0.4, 0.5) is 22.0 Å². The van der Waals surface area contributed by atoms with Crippen molar-refractivity contribution in [1.82, 2.24) is 0 Å². The van der Waals surface area contributed by atoms with Gasteiger partial charge in [-0.05, 0) is 12.1 Å². The Labute approximate surface area is 93.3 Å². The van der Waals surface area contributed by atoms with Gasteiger partial charge >= 0.3 is 0 Å². The molecule has 1 radical (unpaired) electrons. The fraction of sp³-hybridized carbons (Fsp3) is 0. The fourth-order valence-corrected chi connectivity index (χ4v) is 1.46. The van der Waals surface area contributed by atoms with E-state index in [-0.39, 0.29) is 0 Å². The zero-order valence-electron chi connectivity index (χ0n) is 8.20. The lowest BCUT2D eigenvalue weighted by atomic mass is 10.0. The summed E-state index contributed by atoms with van der Waals surface area (Å²) in [7, 11) is 0. The third kappa shape index (κ3) is 2.00. The van der Waals surface area contributed by atoms with Crippen molar-refractivity contribution in [3.05, 3.63) is 59.4 Å². The molecule has 0 fully saturated rings. The van der Waals surface area contributed by atoms with Crippen LogP contribution in [0, 0.1) is 35.2 Å². The molecule has 0 spiro atoms. The van der Waals surface area contributed by atoms with E-state index in [1.165, 1.54) is 0 Å². The highest BCUT2D eigenvalue weighted by Crippen LogP contribution is 2.30. The van der Waals surface area contributed by atoms with E-state index in [1.807, 2.05) is 6.07 Å². The maximum Gasteiger partial charge on any atom is 0.142 e. The Morgan fingerprint density at radius 3 is 1.88 bits per heavy atom. The molecule has 0 bridgehead atoms. The lowest BCUT2D eigenvalue weighted by Crippen LogP contribution is -1.97. The molecular weight excluding hydrogens is 239 g/mol. The SMILES string of the molecule is Fc1cc(F)c(-c2c(F)[c]ccc2F)c(F)c1. The summed E-state index contributed by atoms with van der Waals surface area (Å²) in [6, 6.07) is 4.42. The van der Waals surface area contributed by atoms with Crippen molar-refractivity contribution in [1.29, 1.82) is 0 Å². The summed E-state index contributed by atoms with van der Waals surface area (Å²) in [4.78, 5) is 0. The molecule has 2 aromatic rings. The van der Waals surface area contributed by atoms with Crippen molar-refractivity contribution < 1.29 is 22.0 Å². The lowest BCUT2D eigenvalue weighted by Gasteiger charge is -2.07. The quantitative estimate of drug-likeness (QED) is 0.667. The first-order valence-corrected chi connectivity index (χ1v) is 4.51. The van der Waals surface area contributed by atoms with E-state index in [0.717, 1.165) is 12.1 Å². The number of benzene rings is 2. The molecule has 17 heavy (non-hydrogen) atoms. The predicted molar refractivity (Wildman–Crippen MR) is 50.5 cm³/mol. The first-order chi connectivity index (χ1) is 8.00. The Kier molecular flexibility index (Phi) is 2.83. The van der Waals surface area contributed by atoms with Crippen LogP contribution in [0.25, 0.3) is 11.1 Å². The van der Waals surface area contributed by atoms with Crippen LogP contribution in [0.1, 0.15) is 0 Å². The van der Waals surface area contributed by atoms with Gasteiger partial charge in [-0.15, -0.1) is 0 Å². The Hall–Kier alpha value is -1.91. The van der Waals surface area contributed by atoms with E-state index in [1.54, 1.807) is 0 Å². The summed E-state index contributed by atoms with van der Waals surface area (Å²) in [6.45, 7) is 0. The van der Waals surface area contributed by atoms with Crippen LogP contribution in [-0.2, 0) is 0 Å². The number of rotatable bonds is 1. The van der Waals surface area contributed by atoms with Gasteiger partial charge in [0.05, 0.1) is 11.1 Å². The molecular formula is C12H4F5. The summed E-state index contributed by atoms with van der Waals surface area (Å²) in [5.41, 5.74) is -1.85. The summed E-state index contributed by atoms with van der Waals surface area (Å²) in [6.07, 6.45) is 0. The first kappa shape index (κ1) is 11.6. The van der Waals surface area contributed by atoms with E-state index >= 15 is 0 Å². The van der Waals surface area contributed by atoms with Gasteiger partial charge in [-0.3, -0.25) is 0 Å². The van der Waals surface area contributed by atoms with E-state index < -0.39 is 40.2 Å². The van der Waals surface area contributed by atoms with Crippen molar-refractivity contribution in [2.75, 3.05) is 0 Å². The van der Waals surface area contributed by atoms with E-state index in [2.05, 4.69) is 0 Å². The van der Waals surface area contributed by atoms with Gasteiger partial charge in [0.25, 0.3) is 0 Å². The largest absolute Gasteiger partial charge is 0.207 e. The third-order valence-electron chi connectivity index (χ3n) is 2.15. The maximum absolute atomic E-state index is 13.3. The predicted octanol–water partition coefficient (Wildman–Crippen LogP) is 3.85. The van der Waals surface area contributed by atoms with Crippen LogP contribution in [0.3, 0.4) is 0 Å². The number of hydrogen-bond donors (Lipinski definition) is 0. The average molecular weight is 243 g/mol. The molecule has 0 aliphatic heterocycles. The molecule has 0 saturated heterocycles. The molecule has 0 nitrogen and oxygen atoms in total. The lowest BCUT2D eigenvalue weighted by molar-refractivity contribution is 0.538. The molecule has 0 N–H and O–H groups in total. The van der Waals surface area contributed by atoms with Crippen LogP contribution >= 0.6 is 0 Å². The van der Waals surface area contributed by atoms with Gasteiger partial charge in [-0.2, -0.15) is 0 Å². The van der Waals surface area contributed by atoms with Crippen molar-refractivity contribution in [2.45, 2.75) is 0 Å². The Morgan fingerprint density at radius 1 is 0.765 bits per heavy atom. The molecule has 0 atom stereocenters. The average Bonchev–Trinajstić information content (AvgIpc) is 2.21. The summed E-state index contributed by atoms with van der Waals surface area (Å²) in [5, 5.41) is 0. The van der Waals surface area contributed by atoms with Gasteiger partial charge in [0.15, 0.2) is 0 Å². The molecule has 0 amide bonds. The Morgan fingerprint density at radius 2 is 1.35 bits per heavy atom. The van der Waals surface area contributed by atoms with Crippen LogP contribution in [0.15, 0.2) is 24.3 Å². The topological polar surface area (TPSA) is 0 Å². The van der Waals surface area contributed by atoms with Crippen LogP contribution < -0.4 is 0 Å². The molecule has 5 heteroatoms. The second-order valence-corrected chi connectivity index (χ2v) is 3.26. The molecule has 0 aromatic heterocycles. The zero-order chi connectivity index (χ0) is 12.6. The molecule has 0 aliphatic rings. The summed E-state index contributed by atoms with van der Waals surface area (Å²) < 4.78 is 65.9. The minimum Gasteiger partial charge on any atom is -0.207 e. The smallest absolute Gasteiger partial charge is 0.142 e. The minimum atomic E-state index is -1.38. The molecule has 0 unspecified atom stereocenters. The number of halogens is 5.